The van der Waals surface area contributed by atoms with Gasteiger partial charge in [0.15, 0.2) is 0 Å². The number of nitrogens with one attached hydrogen (secondary N) is 1. The number of rotatable bonds is 5. The fourth-order valence-corrected chi connectivity index (χ4v) is 1.90. The zero-order valence-corrected chi connectivity index (χ0v) is 10.6. The van der Waals surface area contributed by atoms with Crippen LogP contribution in [0.25, 0.3) is 0 Å². The summed E-state index contributed by atoms with van der Waals surface area (Å²) in [7, 11) is 0. The lowest BCUT2D eigenvalue weighted by Crippen LogP contribution is -2.37. The smallest absolute Gasteiger partial charge is 0.123 e. The summed E-state index contributed by atoms with van der Waals surface area (Å²) in [5, 5.41) is 3.48. The predicted octanol–water partition coefficient (Wildman–Crippen LogP) is 3.39. The molecule has 1 N–H and O–H groups in total. The van der Waals surface area contributed by atoms with Crippen LogP contribution in [0.4, 0.5) is 4.39 Å². The SMILES string of the molecule is CC(C)NC(C)C(C)Cc1cccc(F)c1. The van der Waals surface area contributed by atoms with Crippen molar-refractivity contribution in [2.45, 2.75) is 46.2 Å². The molecule has 16 heavy (non-hydrogen) atoms. The zero-order chi connectivity index (χ0) is 12.1. The first kappa shape index (κ1) is 13.2. The van der Waals surface area contributed by atoms with Gasteiger partial charge in [-0.15, -0.1) is 0 Å². The number of benzene rings is 1. The summed E-state index contributed by atoms with van der Waals surface area (Å²) in [5.41, 5.74) is 1.07. The Hall–Kier alpha value is -0.890. The Bertz CT molecular complexity index is 322. The Morgan fingerprint density at radius 1 is 1.19 bits per heavy atom. The first-order valence-electron chi connectivity index (χ1n) is 5.99. The van der Waals surface area contributed by atoms with Gasteiger partial charge in [-0.05, 0) is 37.0 Å². The third kappa shape index (κ3) is 4.31. The Kier molecular flexibility index (Phi) is 4.94. The minimum absolute atomic E-state index is 0.144. The van der Waals surface area contributed by atoms with Crippen molar-refractivity contribution in [2.75, 3.05) is 0 Å². The molecule has 2 atom stereocenters. The van der Waals surface area contributed by atoms with Gasteiger partial charge in [-0.1, -0.05) is 32.9 Å². The van der Waals surface area contributed by atoms with E-state index in [-0.39, 0.29) is 5.82 Å². The van der Waals surface area contributed by atoms with E-state index in [2.05, 4.69) is 33.0 Å². The Morgan fingerprint density at radius 2 is 1.88 bits per heavy atom. The molecule has 2 unspecified atom stereocenters. The molecule has 0 fully saturated rings. The van der Waals surface area contributed by atoms with Gasteiger partial charge in [0.2, 0.25) is 0 Å². The summed E-state index contributed by atoms with van der Waals surface area (Å²) in [6, 6.07) is 7.82. The Labute approximate surface area is 98.1 Å². The lowest BCUT2D eigenvalue weighted by Gasteiger charge is -2.23. The van der Waals surface area contributed by atoms with Crippen molar-refractivity contribution in [3.63, 3.8) is 0 Å². The highest BCUT2D eigenvalue weighted by molar-refractivity contribution is 5.17. The maximum Gasteiger partial charge on any atom is 0.123 e. The molecule has 1 aromatic carbocycles. The first-order valence-corrected chi connectivity index (χ1v) is 5.99. The van der Waals surface area contributed by atoms with Gasteiger partial charge in [0.25, 0.3) is 0 Å². The van der Waals surface area contributed by atoms with E-state index < -0.39 is 0 Å². The second-order valence-corrected chi connectivity index (χ2v) is 4.92. The highest BCUT2D eigenvalue weighted by atomic mass is 19.1. The number of halogens is 1. The number of hydrogen-bond acceptors (Lipinski definition) is 1. The topological polar surface area (TPSA) is 12.0 Å². The lowest BCUT2D eigenvalue weighted by molar-refractivity contribution is 0.371. The molecular formula is C14H22FN. The molecule has 0 spiro atoms. The molecule has 1 nitrogen and oxygen atoms in total. The average molecular weight is 223 g/mol. The standard InChI is InChI=1S/C14H22FN/c1-10(2)16-12(4)11(3)8-13-6-5-7-14(15)9-13/h5-7,9-12,16H,8H2,1-4H3. The fraction of sp³-hybridized carbons (Fsp3) is 0.571. The molecule has 0 radical (unpaired) electrons. The second kappa shape index (κ2) is 6.00. The van der Waals surface area contributed by atoms with Crippen LogP contribution in [0.2, 0.25) is 0 Å². The van der Waals surface area contributed by atoms with Crippen LogP contribution in [0.1, 0.15) is 33.3 Å². The third-order valence-electron chi connectivity index (χ3n) is 2.90. The Morgan fingerprint density at radius 3 is 2.44 bits per heavy atom. The molecule has 0 saturated heterocycles. The molecule has 0 heterocycles. The van der Waals surface area contributed by atoms with Gasteiger partial charge in [0.05, 0.1) is 0 Å². The minimum atomic E-state index is -0.144. The molecule has 0 saturated carbocycles. The molecule has 0 amide bonds. The first-order chi connectivity index (χ1) is 7.49. The summed E-state index contributed by atoms with van der Waals surface area (Å²) in [4.78, 5) is 0. The van der Waals surface area contributed by atoms with Gasteiger partial charge < -0.3 is 5.32 Å². The second-order valence-electron chi connectivity index (χ2n) is 4.92. The normalized spacial score (nSPS) is 15.1. The molecule has 90 valence electrons. The van der Waals surface area contributed by atoms with Crippen LogP contribution in [0.15, 0.2) is 24.3 Å². The highest BCUT2D eigenvalue weighted by Gasteiger charge is 2.13. The molecule has 0 aliphatic rings. The van der Waals surface area contributed by atoms with Crippen molar-refractivity contribution in [2.24, 2.45) is 5.92 Å². The van der Waals surface area contributed by atoms with Crippen molar-refractivity contribution >= 4 is 0 Å². The Balaban J connectivity index is 2.53. The largest absolute Gasteiger partial charge is 0.312 e. The van der Waals surface area contributed by atoms with E-state index in [0.717, 1.165) is 12.0 Å². The fourth-order valence-electron chi connectivity index (χ4n) is 1.90. The molecule has 0 bridgehead atoms. The van der Waals surface area contributed by atoms with Gasteiger partial charge in [0.1, 0.15) is 5.82 Å². The van der Waals surface area contributed by atoms with E-state index in [1.165, 1.54) is 6.07 Å². The van der Waals surface area contributed by atoms with Gasteiger partial charge >= 0.3 is 0 Å². The summed E-state index contributed by atoms with van der Waals surface area (Å²) in [5.74, 6) is 0.360. The van der Waals surface area contributed by atoms with Crippen LogP contribution in [0, 0.1) is 11.7 Å². The summed E-state index contributed by atoms with van der Waals surface area (Å²) >= 11 is 0. The van der Waals surface area contributed by atoms with Crippen LogP contribution in [-0.2, 0) is 6.42 Å². The third-order valence-corrected chi connectivity index (χ3v) is 2.90. The van der Waals surface area contributed by atoms with Crippen molar-refractivity contribution in [3.05, 3.63) is 35.6 Å². The summed E-state index contributed by atoms with van der Waals surface area (Å²) in [6.07, 6.45) is 0.915. The van der Waals surface area contributed by atoms with E-state index in [9.17, 15) is 4.39 Å². The van der Waals surface area contributed by atoms with Crippen LogP contribution < -0.4 is 5.32 Å². The molecule has 1 rings (SSSR count). The average Bonchev–Trinajstić information content (AvgIpc) is 2.16. The van der Waals surface area contributed by atoms with Gasteiger partial charge in [-0.25, -0.2) is 4.39 Å². The lowest BCUT2D eigenvalue weighted by atomic mass is 9.94. The maximum atomic E-state index is 13.0. The molecule has 0 aromatic heterocycles. The van der Waals surface area contributed by atoms with Crippen molar-refractivity contribution in [3.8, 4) is 0 Å². The monoisotopic (exact) mass is 223 g/mol. The zero-order valence-electron chi connectivity index (χ0n) is 10.6. The molecule has 0 aliphatic carbocycles. The highest BCUT2D eigenvalue weighted by Crippen LogP contribution is 2.13. The van der Waals surface area contributed by atoms with Crippen LogP contribution in [0.3, 0.4) is 0 Å². The summed E-state index contributed by atoms with van der Waals surface area (Å²) in [6.45, 7) is 8.67. The number of hydrogen-bond donors (Lipinski definition) is 1. The van der Waals surface area contributed by atoms with Gasteiger partial charge in [-0.2, -0.15) is 0 Å². The van der Waals surface area contributed by atoms with Crippen molar-refractivity contribution in [1.82, 2.24) is 5.32 Å². The minimum Gasteiger partial charge on any atom is -0.312 e. The van der Waals surface area contributed by atoms with E-state index in [0.29, 0.717) is 18.0 Å². The maximum absolute atomic E-state index is 13.0. The van der Waals surface area contributed by atoms with E-state index in [1.54, 1.807) is 12.1 Å². The molecule has 2 heteroatoms. The molecule has 0 aliphatic heterocycles. The van der Waals surface area contributed by atoms with Crippen LogP contribution in [0.5, 0.6) is 0 Å². The van der Waals surface area contributed by atoms with Gasteiger partial charge in [-0.3, -0.25) is 0 Å². The van der Waals surface area contributed by atoms with E-state index >= 15 is 0 Å². The molecular weight excluding hydrogens is 201 g/mol. The van der Waals surface area contributed by atoms with Crippen LogP contribution in [-0.4, -0.2) is 12.1 Å². The predicted molar refractivity (Wildman–Crippen MR) is 67.0 cm³/mol. The van der Waals surface area contributed by atoms with Gasteiger partial charge in [0, 0.05) is 12.1 Å². The summed E-state index contributed by atoms with van der Waals surface area (Å²) < 4.78 is 13.0. The van der Waals surface area contributed by atoms with E-state index in [1.807, 2.05) is 6.07 Å². The van der Waals surface area contributed by atoms with Crippen LogP contribution >= 0.6 is 0 Å². The molecule has 1 aromatic rings. The van der Waals surface area contributed by atoms with Crippen molar-refractivity contribution in [1.29, 1.82) is 0 Å². The quantitative estimate of drug-likeness (QED) is 0.806. The van der Waals surface area contributed by atoms with Crippen molar-refractivity contribution < 1.29 is 4.39 Å². The van der Waals surface area contributed by atoms with E-state index in [4.69, 9.17) is 0 Å².